The van der Waals surface area contributed by atoms with E-state index in [9.17, 15) is 5.11 Å². The maximum atomic E-state index is 10.2. The summed E-state index contributed by atoms with van der Waals surface area (Å²) < 4.78 is 0. The van der Waals surface area contributed by atoms with Gasteiger partial charge >= 0.3 is 0 Å². The molecule has 6 atom stereocenters. The van der Waals surface area contributed by atoms with Crippen LogP contribution in [-0.2, 0) is 0 Å². The number of allylic oxidation sites excluding steroid dienone is 4. The highest BCUT2D eigenvalue weighted by atomic mass is 16.3. The zero-order valence-corrected chi connectivity index (χ0v) is 21.9. The minimum atomic E-state index is -0.0344. The molecule has 2 fully saturated rings. The number of aliphatic hydroxyl groups is 1. The molecular weight excluding hydrogens is 376 g/mol. The van der Waals surface area contributed by atoms with Crippen LogP contribution in [0.15, 0.2) is 22.8 Å². The average molecular weight is 429 g/mol. The third-order valence-electron chi connectivity index (χ3n) is 10.3. The SMILES string of the molecule is C/C=C(/CCC[C@H]1CC[C@H]2C3=C(CC[C@]12C)[C@@]1(C)CC[C@H](O)C[C@@H]1CC3)C(C)C.CC. The van der Waals surface area contributed by atoms with Gasteiger partial charge in [-0.1, -0.05) is 64.3 Å². The van der Waals surface area contributed by atoms with Crippen LogP contribution in [0.5, 0.6) is 0 Å². The van der Waals surface area contributed by atoms with Crippen molar-refractivity contribution in [3.8, 4) is 0 Å². The monoisotopic (exact) mass is 428 g/mol. The van der Waals surface area contributed by atoms with E-state index in [1.807, 2.05) is 25.0 Å². The first kappa shape index (κ1) is 25.1. The summed E-state index contributed by atoms with van der Waals surface area (Å²) >= 11 is 0. The van der Waals surface area contributed by atoms with Gasteiger partial charge in [-0.05, 0) is 118 Å². The first-order chi connectivity index (χ1) is 14.8. The second-order valence-electron chi connectivity index (χ2n) is 11.8. The van der Waals surface area contributed by atoms with Gasteiger partial charge in [-0.15, -0.1) is 0 Å². The second kappa shape index (κ2) is 10.1. The second-order valence-corrected chi connectivity index (χ2v) is 11.8. The lowest BCUT2D eigenvalue weighted by atomic mass is 9.51. The molecule has 0 amide bonds. The molecule has 0 radical (unpaired) electrons. The minimum Gasteiger partial charge on any atom is -0.393 e. The van der Waals surface area contributed by atoms with Gasteiger partial charge in [0.05, 0.1) is 6.10 Å². The Balaban J connectivity index is 0.00000132. The first-order valence-corrected chi connectivity index (χ1v) is 13.8. The van der Waals surface area contributed by atoms with Crippen molar-refractivity contribution in [2.75, 3.05) is 0 Å². The molecule has 4 aliphatic rings. The Labute approximate surface area is 194 Å². The first-order valence-electron chi connectivity index (χ1n) is 13.8. The fraction of sp³-hybridized carbons (Fsp3) is 0.867. The lowest BCUT2D eigenvalue weighted by molar-refractivity contribution is 0.0155. The van der Waals surface area contributed by atoms with Crippen LogP contribution >= 0.6 is 0 Å². The van der Waals surface area contributed by atoms with Crippen LogP contribution in [0.2, 0.25) is 0 Å². The molecule has 0 saturated heterocycles. The van der Waals surface area contributed by atoms with Crippen molar-refractivity contribution in [2.45, 2.75) is 132 Å². The summed E-state index contributed by atoms with van der Waals surface area (Å²) in [7, 11) is 0. The van der Waals surface area contributed by atoms with Crippen molar-refractivity contribution < 1.29 is 5.11 Å². The molecule has 4 rings (SSSR count). The van der Waals surface area contributed by atoms with Crippen LogP contribution in [0.3, 0.4) is 0 Å². The van der Waals surface area contributed by atoms with Gasteiger partial charge < -0.3 is 5.11 Å². The van der Waals surface area contributed by atoms with Gasteiger partial charge in [0.25, 0.3) is 0 Å². The summed E-state index contributed by atoms with van der Waals surface area (Å²) in [6.45, 7) is 16.1. The number of fused-ring (bicyclic) bond motifs is 4. The molecule has 31 heavy (non-hydrogen) atoms. The van der Waals surface area contributed by atoms with E-state index in [1.165, 1.54) is 64.2 Å². The van der Waals surface area contributed by atoms with Crippen molar-refractivity contribution in [1.82, 2.24) is 0 Å². The van der Waals surface area contributed by atoms with E-state index in [1.54, 1.807) is 5.57 Å². The molecule has 0 heterocycles. The van der Waals surface area contributed by atoms with Gasteiger partial charge in [-0.25, -0.2) is 0 Å². The van der Waals surface area contributed by atoms with Crippen LogP contribution in [0, 0.1) is 34.5 Å². The summed E-state index contributed by atoms with van der Waals surface area (Å²) in [5, 5.41) is 10.2. The molecule has 0 aromatic rings. The fourth-order valence-corrected chi connectivity index (χ4v) is 8.34. The number of aliphatic hydroxyl groups excluding tert-OH is 1. The van der Waals surface area contributed by atoms with Crippen LogP contribution in [0.4, 0.5) is 0 Å². The Morgan fingerprint density at radius 3 is 2.48 bits per heavy atom. The van der Waals surface area contributed by atoms with Gasteiger partial charge in [0.1, 0.15) is 0 Å². The molecule has 0 aliphatic heterocycles. The summed E-state index contributed by atoms with van der Waals surface area (Å²) in [5.41, 5.74) is 6.41. The standard InChI is InChI=1S/C28H46O.C2H6/c1-6-20(19(2)3)8-7-9-21-11-13-25-24-12-10-22-18-23(29)14-16-28(22,5)26(24)15-17-27(21,25)4;1-2/h6,19,21-23,25,29H,7-18H2,1-5H3;1-2H3/b20-6-;/t21-,22-,23-,25-,27+,28-;/m0./s1. The lowest BCUT2D eigenvalue weighted by Crippen LogP contribution is -2.45. The zero-order chi connectivity index (χ0) is 22.8. The van der Waals surface area contributed by atoms with E-state index in [2.05, 4.69) is 40.7 Å². The summed E-state index contributed by atoms with van der Waals surface area (Å²) in [4.78, 5) is 0. The van der Waals surface area contributed by atoms with E-state index in [4.69, 9.17) is 0 Å². The van der Waals surface area contributed by atoms with E-state index < -0.39 is 0 Å². The smallest absolute Gasteiger partial charge is 0.0543 e. The van der Waals surface area contributed by atoms with Gasteiger partial charge in [0.2, 0.25) is 0 Å². The van der Waals surface area contributed by atoms with E-state index in [0.29, 0.717) is 16.7 Å². The quantitative estimate of drug-likeness (QED) is 0.433. The van der Waals surface area contributed by atoms with Crippen LogP contribution in [-0.4, -0.2) is 11.2 Å². The summed E-state index contributed by atoms with van der Waals surface area (Å²) in [6.07, 6.45) is 18.1. The van der Waals surface area contributed by atoms with Crippen LogP contribution in [0.1, 0.15) is 126 Å². The lowest BCUT2D eigenvalue weighted by Gasteiger charge is -2.54. The number of hydrogen-bond donors (Lipinski definition) is 1. The molecule has 0 aromatic heterocycles. The molecule has 1 nitrogen and oxygen atoms in total. The molecule has 0 aromatic carbocycles. The van der Waals surface area contributed by atoms with Crippen molar-refractivity contribution in [2.24, 2.45) is 34.5 Å². The van der Waals surface area contributed by atoms with Crippen LogP contribution < -0.4 is 0 Å². The topological polar surface area (TPSA) is 20.2 Å². The zero-order valence-electron chi connectivity index (χ0n) is 21.9. The summed E-state index contributed by atoms with van der Waals surface area (Å²) in [6, 6.07) is 0. The van der Waals surface area contributed by atoms with E-state index in [0.717, 1.165) is 30.6 Å². The van der Waals surface area contributed by atoms with Gasteiger partial charge in [-0.3, -0.25) is 0 Å². The van der Waals surface area contributed by atoms with Crippen molar-refractivity contribution in [3.05, 3.63) is 22.8 Å². The Morgan fingerprint density at radius 1 is 1.06 bits per heavy atom. The fourth-order valence-electron chi connectivity index (χ4n) is 8.34. The highest BCUT2D eigenvalue weighted by molar-refractivity contribution is 5.34. The normalized spacial score (nSPS) is 40.1. The highest BCUT2D eigenvalue weighted by Crippen LogP contribution is 2.65. The van der Waals surface area contributed by atoms with Crippen molar-refractivity contribution >= 4 is 0 Å². The van der Waals surface area contributed by atoms with Crippen LogP contribution in [0.25, 0.3) is 0 Å². The number of rotatable bonds is 5. The molecule has 0 bridgehead atoms. The number of hydrogen-bond acceptors (Lipinski definition) is 1. The molecule has 4 aliphatic carbocycles. The molecule has 1 N–H and O–H groups in total. The minimum absolute atomic E-state index is 0.0344. The average Bonchev–Trinajstić information content (AvgIpc) is 3.09. The maximum absolute atomic E-state index is 10.2. The van der Waals surface area contributed by atoms with Gasteiger partial charge in [0, 0.05) is 0 Å². The molecule has 2 saturated carbocycles. The third-order valence-corrected chi connectivity index (χ3v) is 10.3. The molecule has 178 valence electrons. The maximum Gasteiger partial charge on any atom is 0.0543 e. The Hall–Kier alpha value is -0.560. The summed E-state index contributed by atoms with van der Waals surface area (Å²) in [5.74, 6) is 3.25. The molecule has 0 unspecified atom stereocenters. The Morgan fingerprint density at radius 2 is 1.81 bits per heavy atom. The molecule has 0 spiro atoms. The third kappa shape index (κ3) is 4.60. The van der Waals surface area contributed by atoms with Gasteiger partial charge in [0.15, 0.2) is 0 Å². The van der Waals surface area contributed by atoms with Crippen molar-refractivity contribution in [3.63, 3.8) is 0 Å². The molecule has 1 heteroatoms. The largest absolute Gasteiger partial charge is 0.393 e. The van der Waals surface area contributed by atoms with E-state index in [-0.39, 0.29) is 6.10 Å². The molecular formula is C30H52O. The Kier molecular flexibility index (Phi) is 8.21. The van der Waals surface area contributed by atoms with Crippen molar-refractivity contribution in [1.29, 1.82) is 0 Å². The highest BCUT2D eigenvalue weighted by Gasteiger charge is 2.54. The predicted octanol–water partition coefficient (Wildman–Crippen LogP) is 8.87. The predicted molar refractivity (Wildman–Crippen MR) is 135 cm³/mol. The Bertz CT molecular complexity index is 670. The van der Waals surface area contributed by atoms with E-state index >= 15 is 0 Å². The van der Waals surface area contributed by atoms with Gasteiger partial charge in [-0.2, -0.15) is 0 Å².